The normalized spacial score (nSPS) is 11.0. The molecule has 0 aliphatic rings. The van der Waals surface area contributed by atoms with Crippen LogP contribution in [-0.2, 0) is 4.79 Å². The summed E-state index contributed by atoms with van der Waals surface area (Å²) in [5.74, 6) is -0.394. The van der Waals surface area contributed by atoms with Crippen molar-refractivity contribution < 1.29 is 9.59 Å². The van der Waals surface area contributed by atoms with Crippen LogP contribution in [0.15, 0.2) is 42.5 Å². The fourth-order valence-corrected chi connectivity index (χ4v) is 3.73. The standard InChI is InChI=1S/C21H23N3O2S/c1-13(2)24(12-19(25)23-21-22-14(3)15(4)27-21)20(26)18-11-7-9-16-8-5-6-10-17(16)18/h5-11,13H,12H2,1-4H3,(H,22,23,25). The van der Waals surface area contributed by atoms with Crippen LogP contribution in [0.5, 0.6) is 0 Å². The number of aromatic nitrogens is 1. The first-order chi connectivity index (χ1) is 12.9. The summed E-state index contributed by atoms with van der Waals surface area (Å²) in [4.78, 5) is 32.7. The highest BCUT2D eigenvalue weighted by atomic mass is 32.1. The molecule has 0 atom stereocenters. The Balaban J connectivity index is 1.82. The third-order valence-electron chi connectivity index (χ3n) is 4.49. The first kappa shape index (κ1) is 19.0. The van der Waals surface area contributed by atoms with E-state index >= 15 is 0 Å². The van der Waals surface area contributed by atoms with Gasteiger partial charge in [-0.05, 0) is 44.5 Å². The van der Waals surface area contributed by atoms with Crippen LogP contribution in [0.2, 0.25) is 0 Å². The Morgan fingerprint density at radius 2 is 1.81 bits per heavy atom. The number of benzene rings is 2. The number of carbonyl (C=O) groups is 2. The van der Waals surface area contributed by atoms with Crippen LogP contribution in [0.4, 0.5) is 5.13 Å². The van der Waals surface area contributed by atoms with Crippen molar-refractivity contribution in [3.8, 4) is 0 Å². The van der Waals surface area contributed by atoms with Crippen molar-refractivity contribution in [2.24, 2.45) is 0 Å². The molecule has 140 valence electrons. The van der Waals surface area contributed by atoms with Gasteiger partial charge in [-0.25, -0.2) is 4.98 Å². The molecule has 6 heteroatoms. The molecule has 0 radical (unpaired) electrons. The maximum atomic E-state index is 13.2. The minimum Gasteiger partial charge on any atom is -0.327 e. The number of aryl methyl sites for hydroxylation is 2. The summed E-state index contributed by atoms with van der Waals surface area (Å²) in [6, 6.07) is 13.3. The summed E-state index contributed by atoms with van der Waals surface area (Å²) in [7, 11) is 0. The van der Waals surface area contributed by atoms with E-state index < -0.39 is 0 Å². The second kappa shape index (κ2) is 7.88. The Bertz CT molecular complexity index is 969. The van der Waals surface area contributed by atoms with E-state index in [1.165, 1.54) is 11.3 Å². The van der Waals surface area contributed by atoms with Gasteiger partial charge < -0.3 is 10.2 Å². The third-order valence-corrected chi connectivity index (χ3v) is 5.48. The van der Waals surface area contributed by atoms with Gasteiger partial charge in [-0.15, -0.1) is 11.3 Å². The molecular weight excluding hydrogens is 358 g/mol. The molecule has 1 N–H and O–H groups in total. The second-order valence-electron chi connectivity index (χ2n) is 6.76. The van der Waals surface area contributed by atoms with E-state index in [2.05, 4.69) is 10.3 Å². The Labute approximate surface area is 163 Å². The monoisotopic (exact) mass is 381 g/mol. The topological polar surface area (TPSA) is 62.3 Å². The lowest BCUT2D eigenvalue weighted by Crippen LogP contribution is -2.42. The van der Waals surface area contributed by atoms with Gasteiger partial charge in [0.1, 0.15) is 6.54 Å². The van der Waals surface area contributed by atoms with Crippen LogP contribution in [-0.4, -0.2) is 34.3 Å². The molecule has 2 amide bonds. The highest BCUT2D eigenvalue weighted by Gasteiger charge is 2.23. The molecule has 0 fully saturated rings. The van der Waals surface area contributed by atoms with E-state index in [4.69, 9.17) is 0 Å². The molecule has 0 saturated carbocycles. The number of amides is 2. The van der Waals surface area contributed by atoms with Gasteiger partial charge in [0.15, 0.2) is 5.13 Å². The van der Waals surface area contributed by atoms with Crippen LogP contribution >= 0.6 is 11.3 Å². The number of nitrogens with one attached hydrogen (secondary N) is 1. The van der Waals surface area contributed by atoms with E-state index in [9.17, 15) is 9.59 Å². The van der Waals surface area contributed by atoms with Crippen molar-refractivity contribution >= 4 is 39.1 Å². The highest BCUT2D eigenvalue weighted by Crippen LogP contribution is 2.22. The molecule has 0 bridgehead atoms. The number of nitrogens with zero attached hydrogens (tertiary/aromatic N) is 2. The maximum absolute atomic E-state index is 13.2. The summed E-state index contributed by atoms with van der Waals surface area (Å²) in [5.41, 5.74) is 1.51. The molecule has 3 aromatic rings. The Kier molecular flexibility index (Phi) is 5.56. The zero-order chi connectivity index (χ0) is 19.6. The first-order valence-electron chi connectivity index (χ1n) is 8.89. The van der Waals surface area contributed by atoms with Gasteiger partial charge in [-0.3, -0.25) is 9.59 Å². The number of rotatable bonds is 5. The molecule has 1 aromatic heterocycles. The predicted octanol–water partition coefficient (Wildman–Crippen LogP) is 4.40. The minimum absolute atomic E-state index is 0.0165. The van der Waals surface area contributed by atoms with Gasteiger partial charge in [0.2, 0.25) is 5.91 Å². The quantitative estimate of drug-likeness (QED) is 0.712. The van der Waals surface area contributed by atoms with Crippen LogP contribution in [0.3, 0.4) is 0 Å². The summed E-state index contributed by atoms with van der Waals surface area (Å²) in [6.45, 7) is 7.68. The minimum atomic E-state index is -0.244. The van der Waals surface area contributed by atoms with Crippen LogP contribution in [0.1, 0.15) is 34.8 Å². The Hall–Kier alpha value is -2.73. The van der Waals surface area contributed by atoms with Crippen molar-refractivity contribution in [2.45, 2.75) is 33.7 Å². The van der Waals surface area contributed by atoms with Gasteiger partial charge in [0.05, 0.1) is 5.69 Å². The van der Waals surface area contributed by atoms with Gasteiger partial charge in [0, 0.05) is 16.5 Å². The van der Waals surface area contributed by atoms with Crippen LogP contribution < -0.4 is 5.32 Å². The average Bonchev–Trinajstić information content (AvgIpc) is 2.95. The SMILES string of the molecule is Cc1nc(NC(=O)CN(C(=O)c2cccc3ccccc23)C(C)C)sc1C. The first-order valence-corrected chi connectivity index (χ1v) is 9.71. The molecule has 5 nitrogen and oxygen atoms in total. The number of anilines is 1. The van der Waals surface area contributed by atoms with Crippen molar-refractivity contribution in [3.05, 3.63) is 58.6 Å². The molecule has 3 rings (SSSR count). The van der Waals surface area contributed by atoms with Crippen molar-refractivity contribution in [1.82, 2.24) is 9.88 Å². The summed E-state index contributed by atoms with van der Waals surface area (Å²) in [5, 5.41) is 5.27. The Morgan fingerprint density at radius 1 is 1.11 bits per heavy atom. The largest absolute Gasteiger partial charge is 0.327 e. The lowest BCUT2D eigenvalue weighted by Gasteiger charge is -2.26. The molecular formula is C21H23N3O2S. The van der Waals surface area contributed by atoms with E-state index in [-0.39, 0.29) is 24.4 Å². The maximum Gasteiger partial charge on any atom is 0.255 e. The fourth-order valence-electron chi connectivity index (χ4n) is 2.90. The molecule has 2 aromatic carbocycles. The fraction of sp³-hybridized carbons (Fsp3) is 0.286. The molecule has 27 heavy (non-hydrogen) atoms. The molecule has 0 saturated heterocycles. The van der Waals surface area contributed by atoms with Gasteiger partial charge in [-0.1, -0.05) is 36.4 Å². The lowest BCUT2D eigenvalue weighted by molar-refractivity contribution is -0.117. The van der Waals surface area contributed by atoms with Crippen molar-refractivity contribution in [1.29, 1.82) is 0 Å². The van der Waals surface area contributed by atoms with E-state index in [1.807, 2.05) is 70.2 Å². The third kappa shape index (κ3) is 4.17. The smallest absolute Gasteiger partial charge is 0.255 e. The van der Waals surface area contributed by atoms with Gasteiger partial charge in [0.25, 0.3) is 5.91 Å². The number of thiazole rings is 1. The molecule has 0 unspecified atom stereocenters. The lowest BCUT2D eigenvalue weighted by atomic mass is 10.0. The van der Waals surface area contributed by atoms with Gasteiger partial charge in [-0.2, -0.15) is 0 Å². The van der Waals surface area contributed by atoms with E-state index in [1.54, 1.807) is 4.90 Å². The summed E-state index contributed by atoms with van der Waals surface area (Å²) in [6.07, 6.45) is 0. The Morgan fingerprint density at radius 3 is 2.48 bits per heavy atom. The van der Waals surface area contributed by atoms with Crippen LogP contribution in [0.25, 0.3) is 10.8 Å². The highest BCUT2D eigenvalue weighted by molar-refractivity contribution is 7.15. The number of fused-ring (bicyclic) bond motifs is 1. The molecule has 1 heterocycles. The molecule has 0 aliphatic carbocycles. The van der Waals surface area contributed by atoms with Crippen LogP contribution in [0, 0.1) is 13.8 Å². The summed E-state index contributed by atoms with van der Waals surface area (Å²) < 4.78 is 0. The van der Waals surface area contributed by atoms with E-state index in [0.717, 1.165) is 21.3 Å². The van der Waals surface area contributed by atoms with Crippen molar-refractivity contribution in [2.75, 3.05) is 11.9 Å². The van der Waals surface area contributed by atoms with E-state index in [0.29, 0.717) is 10.7 Å². The molecule has 0 aliphatic heterocycles. The zero-order valence-corrected chi connectivity index (χ0v) is 16.8. The number of hydrogen-bond donors (Lipinski definition) is 1. The predicted molar refractivity (Wildman–Crippen MR) is 110 cm³/mol. The second-order valence-corrected chi connectivity index (χ2v) is 7.97. The summed E-state index contributed by atoms with van der Waals surface area (Å²) >= 11 is 1.44. The number of carbonyl (C=O) groups excluding carboxylic acids is 2. The van der Waals surface area contributed by atoms with Crippen molar-refractivity contribution in [3.63, 3.8) is 0 Å². The average molecular weight is 382 g/mol. The number of hydrogen-bond acceptors (Lipinski definition) is 4. The zero-order valence-electron chi connectivity index (χ0n) is 15.9. The molecule has 0 spiro atoms. The van der Waals surface area contributed by atoms with Gasteiger partial charge >= 0.3 is 0 Å².